The molecule has 1 aromatic carbocycles. The Balaban J connectivity index is 2.06. The molecular weight excluding hydrogens is 279 g/mol. The van der Waals surface area contributed by atoms with Crippen molar-refractivity contribution in [2.24, 2.45) is 0 Å². The average Bonchev–Trinajstić information content (AvgIpc) is 2.94. The van der Waals surface area contributed by atoms with E-state index in [1.165, 1.54) is 11.3 Å². The number of fused-ring (bicyclic) bond motifs is 1. The Morgan fingerprint density at radius 3 is 2.42 bits per heavy atom. The molecule has 0 saturated carbocycles. The molecule has 0 bridgehead atoms. The zero-order valence-electron chi connectivity index (χ0n) is 10.5. The molecule has 0 N–H and O–H groups in total. The van der Waals surface area contributed by atoms with Gasteiger partial charge in [-0.1, -0.05) is 0 Å². The minimum atomic E-state index is -0.233. The molecule has 0 aliphatic carbocycles. The number of aryl methyl sites for hydroxylation is 2. The van der Waals surface area contributed by atoms with Crippen molar-refractivity contribution in [2.45, 2.75) is 13.8 Å². The molecule has 3 aromatic rings. The van der Waals surface area contributed by atoms with Gasteiger partial charge in [0.05, 0.1) is 4.88 Å². The second-order valence-corrected chi connectivity index (χ2v) is 6.54. The molecule has 3 rings (SSSR count). The van der Waals surface area contributed by atoms with E-state index in [9.17, 15) is 9.18 Å². The maximum absolute atomic E-state index is 13.6. The molecule has 0 aliphatic rings. The van der Waals surface area contributed by atoms with Crippen molar-refractivity contribution in [3.63, 3.8) is 0 Å². The highest BCUT2D eigenvalue weighted by Crippen LogP contribution is 2.31. The van der Waals surface area contributed by atoms with Gasteiger partial charge in [-0.3, -0.25) is 4.79 Å². The van der Waals surface area contributed by atoms with E-state index in [2.05, 4.69) is 0 Å². The molecule has 96 valence electrons. The predicted molar refractivity (Wildman–Crippen MR) is 79.0 cm³/mol. The number of halogens is 1. The van der Waals surface area contributed by atoms with E-state index in [1.807, 2.05) is 17.5 Å². The summed E-state index contributed by atoms with van der Waals surface area (Å²) in [6.45, 7) is 3.37. The van der Waals surface area contributed by atoms with Crippen molar-refractivity contribution in [1.29, 1.82) is 0 Å². The van der Waals surface area contributed by atoms with Gasteiger partial charge in [0.15, 0.2) is 0 Å². The minimum absolute atomic E-state index is 0.0281. The summed E-state index contributed by atoms with van der Waals surface area (Å²) in [4.78, 5) is 13.1. The second-order valence-electron chi connectivity index (χ2n) is 4.51. The zero-order chi connectivity index (χ0) is 13.6. The number of benzene rings is 1. The smallest absolute Gasteiger partial charge is 0.203 e. The predicted octanol–water partition coefficient (Wildman–Crippen LogP) is 4.95. The highest BCUT2D eigenvalue weighted by Gasteiger charge is 2.15. The van der Waals surface area contributed by atoms with Crippen LogP contribution in [0.5, 0.6) is 0 Å². The van der Waals surface area contributed by atoms with Crippen LogP contribution in [0.4, 0.5) is 4.39 Å². The first-order chi connectivity index (χ1) is 9.06. The molecule has 0 amide bonds. The molecule has 0 aliphatic heterocycles. The summed E-state index contributed by atoms with van der Waals surface area (Å²) in [6.07, 6.45) is 0. The maximum Gasteiger partial charge on any atom is 0.203 e. The Morgan fingerprint density at radius 2 is 1.79 bits per heavy atom. The largest absolute Gasteiger partial charge is 0.288 e. The Morgan fingerprint density at radius 1 is 1.11 bits per heavy atom. The molecule has 4 heteroatoms. The van der Waals surface area contributed by atoms with Crippen LogP contribution in [0.25, 0.3) is 9.40 Å². The number of rotatable bonds is 2. The molecule has 0 fully saturated rings. The topological polar surface area (TPSA) is 17.1 Å². The maximum atomic E-state index is 13.6. The van der Waals surface area contributed by atoms with E-state index in [1.54, 1.807) is 37.3 Å². The van der Waals surface area contributed by atoms with Gasteiger partial charge in [0, 0.05) is 15.0 Å². The lowest BCUT2D eigenvalue weighted by Gasteiger charge is -2.04. The SMILES string of the molecule is Cc1cc(C(=O)c2cc3sccc3s2)cc(C)c1F. The lowest BCUT2D eigenvalue weighted by molar-refractivity contribution is 0.104. The summed E-state index contributed by atoms with van der Waals surface area (Å²) in [5, 5.41) is 2.02. The Bertz CT molecular complexity index is 731. The second kappa shape index (κ2) is 4.54. The van der Waals surface area contributed by atoms with E-state index >= 15 is 0 Å². The van der Waals surface area contributed by atoms with Crippen LogP contribution in [0.1, 0.15) is 26.4 Å². The number of thiophene rings is 2. The van der Waals surface area contributed by atoms with E-state index in [-0.39, 0.29) is 11.6 Å². The van der Waals surface area contributed by atoms with Crippen LogP contribution in [0.3, 0.4) is 0 Å². The number of hydrogen-bond acceptors (Lipinski definition) is 3. The number of carbonyl (C=O) groups excluding carboxylic acids is 1. The molecule has 0 spiro atoms. The van der Waals surface area contributed by atoms with Crippen molar-refractivity contribution in [3.8, 4) is 0 Å². The first-order valence-corrected chi connectivity index (χ1v) is 7.54. The van der Waals surface area contributed by atoms with Gasteiger partial charge in [0.25, 0.3) is 0 Å². The fourth-order valence-corrected chi connectivity index (χ4v) is 4.17. The standard InChI is InChI=1S/C15H11FOS2/c1-8-5-10(6-9(2)14(8)16)15(17)13-7-12-11(19-13)3-4-18-12/h3-7H,1-2H3. The van der Waals surface area contributed by atoms with E-state index in [0.29, 0.717) is 21.6 Å². The van der Waals surface area contributed by atoms with Gasteiger partial charge in [-0.25, -0.2) is 4.39 Å². The number of ketones is 1. The van der Waals surface area contributed by atoms with Crippen LogP contribution < -0.4 is 0 Å². The van der Waals surface area contributed by atoms with Crippen LogP contribution in [0, 0.1) is 19.7 Å². The summed E-state index contributed by atoms with van der Waals surface area (Å²) in [7, 11) is 0. The number of hydrogen-bond donors (Lipinski definition) is 0. The summed E-state index contributed by atoms with van der Waals surface area (Å²) < 4.78 is 15.8. The van der Waals surface area contributed by atoms with E-state index in [0.717, 1.165) is 9.40 Å². The van der Waals surface area contributed by atoms with Gasteiger partial charge >= 0.3 is 0 Å². The molecule has 0 saturated heterocycles. The molecule has 0 unspecified atom stereocenters. The molecule has 19 heavy (non-hydrogen) atoms. The van der Waals surface area contributed by atoms with Crippen molar-refractivity contribution in [3.05, 3.63) is 57.0 Å². The van der Waals surface area contributed by atoms with Gasteiger partial charge < -0.3 is 0 Å². The van der Waals surface area contributed by atoms with Crippen LogP contribution in [-0.2, 0) is 0 Å². The Kier molecular flexibility index (Phi) is 2.99. The van der Waals surface area contributed by atoms with Gasteiger partial charge in [0.2, 0.25) is 5.78 Å². The van der Waals surface area contributed by atoms with E-state index < -0.39 is 0 Å². The first-order valence-electron chi connectivity index (χ1n) is 5.85. The van der Waals surface area contributed by atoms with Crippen molar-refractivity contribution in [2.75, 3.05) is 0 Å². The highest BCUT2D eigenvalue weighted by atomic mass is 32.1. The third-order valence-electron chi connectivity index (χ3n) is 3.06. The van der Waals surface area contributed by atoms with Crippen molar-refractivity contribution in [1.82, 2.24) is 0 Å². The highest BCUT2D eigenvalue weighted by molar-refractivity contribution is 7.28. The van der Waals surface area contributed by atoms with Crippen molar-refractivity contribution < 1.29 is 9.18 Å². The minimum Gasteiger partial charge on any atom is -0.288 e. The fraction of sp³-hybridized carbons (Fsp3) is 0.133. The van der Waals surface area contributed by atoms with Crippen LogP contribution in [0.2, 0.25) is 0 Å². The van der Waals surface area contributed by atoms with Crippen LogP contribution in [-0.4, -0.2) is 5.78 Å². The van der Waals surface area contributed by atoms with Gasteiger partial charge in [-0.15, -0.1) is 22.7 Å². The quantitative estimate of drug-likeness (QED) is 0.610. The fourth-order valence-electron chi connectivity index (χ4n) is 2.10. The molecule has 2 aromatic heterocycles. The third-order valence-corrected chi connectivity index (χ3v) is 5.15. The van der Waals surface area contributed by atoms with E-state index in [4.69, 9.17) is 0 Å². The molecule has 0 atom stereocenters. The van der Waals surface area contributed by atoms with Gasteiger partial charge in [0.1, 0.15) is 5.82 Å². The molecule has 0 radical (unpaired) electrons. The molecule has 1 nitrogen and oxygen atoms in total. The Labute approximate surface area is 118 Å². The van der Waals surface area contributed by atoms with Crippen molar-refractivity contribution >= 4 is 37.9 Å². The normalized spacial score (nSPS) is 11.1. The summed E-state index contributed by atoms with van der Waals surface area (Å²) in [5.74, 6) is -0.261. The molecule has 2 heterocycles. The Hall–Kier alpha value is -1.52. The third kappa shape index (κ3) is 2.11. The van der Waals surface area contributed by atoms with Gasteiger partial charge in [-0.05, 0) is 54.6 Å². The summed E-state index contributed by atoms with van der Waals surface area (Å²) in [5.41, 5.74) is 1.59. The van der Waals surface area contributed by atoms with Crippen LogP contribution in [0.15, 0.2) is 29.6 Å². The van der Waals surface area contributed by atoms with Crippen LogP contribution >= 0.6 is 22.7 Å². The summed E-state index contributed by atoms with van der Waals surface area (Å²) >= 11 is 3.12. The summed E-state index contributed by atoms with van der Waals surface area (Å²) in [6, 6.07) is 7.18. The lowest BCUT2D eigenvalue weighted by atomic mass is 10.0. The first kappa shape index (κ1) is 12.5. The number of carbonyl (C=O) groups is 1. The van der Waals surface area contributed by atoms with Gasteiger partial charge in [-0.2, -0.15) is 0 Å². The average molecular weight is 290 g/mol. The zero-order valence-corrected chi connectivity index (χ0v) is 12.1. The lowest BCUT2D eigenvalue weighted by Crippen LogP contribution is -2.01. The monoisotopic (exact) mass is 290 g/mol. The molecular formula is C15H11FOS2.